The van der Waals surface area contributed by atoms with Crippen molar-refractivity contribution in [2.45, 2.75) is 38.3 Å². The Hall–Kier alpha value is -4.21. The summed E-state index contributed by atoms with van der Waals surface area (Å²) in [5.74, 6) is -1.01. The highest BCUT2D eigenvalue weighted by Gasteiger charge is 2.30. The lowest BCUT2D eigenvalue weighted by molar-refractivity contribution is -0.139. The van der Waals surface area contributed by atoms with E-state index < -0.39 is 30.4 Å². The Morgan fingerprint density at radius 2 is 1.74 bits per heavy atom. The van der Waals surface area contributed by atoms with Gasteiger partial charge in [0.1, 0.15) is 18.5 Å². The highest BCUT2D eigenvalue weighted by atomic mass is 16.5. The van der Waals surface area contributed by atoms with E-state index in [9.17, 15) is 19.5 Å². The number of ether oxygens (including phenoxy) is 1. The van der Waals surface area contributed by atoms with Crippen molar-refractivity contribution < 1.29 is 24.2 Å². The lowest BCUT2D eigenvalue weighted by Crippen LogP contribution is -2.48. The van der Waals surface area contributed by atoms with Crippen molar-refractivity contribution in [2.24, 2.45) is 0 Å². The molecule has 0 saturated heterocycles. The number of aromatic nitrogens is 3. The molecule has 1 atom stereocenters. The summed E-state index contributed by atoms with van der Waals surface area (Å²) in [5, 5.41) is 20.8. The van der Waals surface area contributed by atoms with Crippen LogP contribution in [-0.4, -0.2) is 50.9 Å². The predicted molar refractivity (Wildman–Crippen MR) is 122 cm³/mol. The van der Waals surface area contributed by atoms with Crippen molar-refractivity contribution >= 4 is 18.0 Å². The molecule has 1 aromatic heterocycles. The number of benzene rings is 2. The predicted octanol–water partition coefficient (Wildman–Crippen LogP) is 2.37. The fourth-order valence-corrected chi connectivity index (χ4v) is 4.03. The second-order valence-electron chi connectivity index (χ2n) is 7.89. The third-order valence-corrected chi connectivity index (χ3v) is 5.66. The van der Waals surface area contributed by atoms with Crippen molar-refractivity contribution in [2.75, 3.05) is 6.61 Å². The largest absolute Gasteiger partial charge is 0.481 e. The molecule has 2 amide bonds. The van der Waals surface area contributed by atoms with Gasteiger partial charge in [-0.1, -0.05) is 55.5 Å². The smallest absolute Gasteiger partial charge is 0.407 e. The molecule has 0 fully saturated rings. The van der Waals surface area contributed by atoms with Crippen molar-refractivity contribution in [3.8, 4) is 11.1 Å². The van der Waals surface area contributed by atoms with E-state index in [-0.39, 0.29) is 19.1 Å². The van der Waals surface area contributed by atoms with Gasteiger partial charge in [0.05, 0.1) is 13.0 Å². The number of nitrogens with zero attached hydrogens (tertiary/aromatic N) is 2. The average molecular weight is 463 g/mol. The number of aromatic amines is 1. The van der Waals surface area contributed by atoms with Gasteiger partial charge >= 0.3 is 12.1 Å². The van der Waals surface area contributed by atoms with Gasteiger partial charge in [-0.15, -0.1) is 0 Å². The Bertz CT molecular complexity index is 1160. The molecule has 4 rings (SSSR count). The zero-order chi connectivity index (χ0) is 24.1. The van der Waals surface area contributed by atoms with Gasteiger partial charge in [-0.25, -0.2) is 9.78 Å². The highest BCUT2D eigenvalue weighted by molar-refractivity contribution is 5.89. The van der Waals surface area contributed by atoms with Crippen LogP contribution in [0.15, 0.2) is 48.5 Å². The van der Waals surface area contributed by atoms with E-state index in [1.165, 1.54) is 0 Å². The third kappa shape index (κ3) is 5.06. The summed E-state index contributed by atoms with van der Waals surface area (Å²) < 4.78 is 5.43. The minimum absolute atomic E-state index is 0.0221. The maximum atomic E-state index is 12.5. The molecule has 2 aromatic carbocycles. The van der Waals surface area contributed by atoms with Gasteiger partial charge in [0, 0.05) is 12.3 Å². The number of rotatable bonds is 9. The second kappa shape index (κ2) is 10.2. The number of hydrogen-bond acceptors (Lipinski definition) is 6. The minimum Gasteiger partial charge on any atom is -0.481 e. The van der Waals surface area contributed by atoms with Crippen LogP contribution < -0.4 is 10.6 Å². The number of amides is 2. The van der Waals surface area contributed by atoms with Crippen molar-refractivity contribution in [1.29, 1.82) is 0 Å². The fourth-order valence-electron chi connectivity index (χ4n) is 4.03. The molecule has 1 unspecified atom stereocenters. The Kier molecular flexibility index (Phi) is 6.86. The summed E-state index contributed by atoms with van der Waals surface area (Å²) in [6, 6.07) is 14.5. The Balaban J connectivity index is 1.37. The van der Waals surface area contributed by atoms with E-state index in [1.54, 1.807) is 0 Å². The molecule has 176 valence electrons. The van der Waals surface area contributed by atoms with Crippen LogP contribution in [0.25, 0.3) is 11.1 Å². The number of carboxylic acids is 1. The molecule has 10 nitrogen and oxygen atoms in total. The Morgan fingerprint density at radius 1 is 1.09 bits per heavy atom. The Morgan fingerprint density at radius 3 is 2.32 bits per heavy atom. The topological polar surface area (TPSA) is 146 Å². The number of aryl methyl sites for hydroxylation is 1. The SMILES string of the molecule is CCc1n[nH]c(CNC(=O)C(CC(=O)O)NC(=O)OCC2c3ccccc3-c3ccccc32)n1. The molecule has 10 heteroatoms. The summed E-state index contributed by atoms with van der Waals surface area (Å²) in [4.78, 5) is 40.5. The van der Waals surface area contributed by atoms with Crippen LogP contribution in [-0.2, 0) is 27.3 Å². The minimum atomic E-state index is -1.30. The van der Waals surface area contributed by atoms with Crippen LogP contribution in [0.3, 0.4) is 0 Å². The lowest BCUT2D eigenvalue weighted by atomic mass is 9.98. The van der Waals surface area contributed by atoms with Crippen molar-refractivity contribution in [1.82, 2.24) is 25.8 Å². The first-order valence-electron chi connectivity index (χ1n) is 11.0. The zero-order valence-corrected chi connectivity index (χ0v) is 18.6. The third-order valence-electron chi connectivity index (χ3n) is 5.66. The average Bonchev–Trinajstić information content (AvgIpc) is 3.43. The van der Waals surface area contributed by atoms with E-state index >= 15 is 0 Å². The summed E-state index contributed by atoms with van der Waals surface area (Å²) in [7, 11) is 0. The van der Waals surface area contributed by atoms with Gasteiger partial charge in [0.15, 0.2) is 5.82 Å². The molecule has 0 aliphatic heterocycles. The summed E-state index contributed by atoms with van der Waals surface area (Å²) in [6.07, 6.45) is -0.821. The molecular formula is C24H25N5O5. The number of carboxylic acid groups (broad SMARTS) is 1. The summed E-state index contributed by atoms with van der Waals surface area (Å²) in [5.41, 5.74) is 4.28. The standard InChI is InChI=1S/C24H25N5O5/c1-2-20-27-21(29-28-20)12-25-23(32)19(11-22(30)31)26-24(33)34-13-18-16-9-5-3-7-14(16)15-8-4-6-10-17(15)18/h3-10,18-19H,2,11-13H2,1H3,(H,25,32)(H,26,33)(H,30,31)(H,27,28,29). The number of carbonyl (C=O) groups excluding carboxylic acids is 2. The molecule has 1 aliphatic rings. The van der Waals surface area contributed by atoms with Crippen molar-refractivity contribution in [3.05, 3.63) is 71.3 Å². The first-order valence-corrected chi connectivity index (χ1v) is 11.0. The quantitative estimate of drug-likeness (QED) is 0.381. The number of H-pyrrole nitrogens is 1. The van der Waals surface area contributed by atoms with E-state index in [2.05, 4.69) is 25.8 Å². The zero-order valence-electron chi connectivity index (χ0n) is 18.6. The van der Waals surface area contributed by atoms with Gasteiger partial charge in [-0.2, -0.15) is 5.10 Å². The van der Waals surface area contributed by atoms with E-state index in [4.69, 9.17) is 4.74 Å². The number of fused-ring (bicyclic) bond motifs is 3. The van der Waals surface area contributed by atoms with Crippen LogP contribution in [0.4, 0.5) is 4.79 Å². The molecule has 1 heterocycles. The maximum absolute atomic E-state index is 12.5. The van der Waals surface area contributed by atoms with E-state index in [0.29, 0.717) is 18.1 Å². The molecular weight excluding hydrogens is 438 g/mol. The molecule has 3 aromatic rings. The van der Waals surface area contributed by atoms with Crippen LogP contribution in [0.1, 0.15) is 42.0 Å². The first kappa shape index (κ1) is 23.0. The van der Waals surface area contributed by atoms with Gasteiger partial charge in [0.25, 0.3) is 0 Å². The number of nitrogens with one attached hydrogen (secondary N) is 3. The monoisotopic (exact) mass is 463 g/mol. The van der Waals surface area contributed by atoms with Crippen LogP contribution in [0.2, 0.25) is 0 Å². The number of hydrogen-bond donors (Lipinski definition) is 4. The normalized spacial score (nSPS) is 13.0. The van der Waals surface area contributed by atoms with Gasteiger partial charge in [-0.05, 0) is 22.3 Å². The van der Waals surface area contributed by atoms with E-state index in [1.807, 2.05) is 55.5 Å². The van der Waals surface area contributed by atoms with Crippen LogP contribution >= 0.6 is 0 Å². The van der Waals surface area contributed by atoms with Crippen LogP contribution in [0, 0.1) is 0 Å². The number of alkyl carbamates (subject to hydrolysis) is 1. The Labute approximate surface area is 195 Å². The fraction of sp³-hybridized carbons (Fsp3) is 0.292. The molecule has 34 heavy (non-hydrogen) atoms. The second-order valence-corrected chi connectivity index (χ2v) is 7.89. The number of carbonyl (C=O) groups is 3. The first-order chi connectivity index (χ1) is 16.5. The van der Waals surface area contributed by atoms with Gasteiger partial charge in [-0.3, -0.25) is 14.7 Å². The molecule has 0 spiro atoms. The van der Waals surface area contributed by atoms with E-state index in [0.717, 1.165) is 22.3 Å². The molecule has 0 saturated carbocycles. The maximum Gasteiger partial charge on any atom is 0.407 e. The molecule has 0 radical (unpaired) electrons. The van der Waals surface area contributed by atoms with Crippen LogP contribution in [0.5, 0.6) is 0 Å². The highest BCUT2D eigenvalue weighted by Crippen LogP contribution is 2.44. The molecule has 0 bridgehead atoms. The van der Waals surface area contributed by atoms with Crippen molar-refractivity contribution in [3.63, 3.8) is 0 Å². The summed E-state index contributed by atoms with van der Waals surface area (Å²) in [6.45, 7) is 1.97. The lowest BCUT2D eigenvalue weighted by Gasteiger charge is -2.18. The number of aliphatic carboxylic acids is 1. The van der Waals surface area contributed by atoms with Gasteiger partial charge in [0.2, 0.25) is 5.91 Å². The summed E-state index contributed by atoms with van der Waals surface area (Å²) >= 11 is 0. The molecule has 4 N–H and O–H groups in total. The van der Waals surface area contributed by atoms with Gasteiger partial charge < -0.3 is 20.5 Å². The molecule has 1 aliphatic carbocycles.